The van der Waals surface area contributed by atoms with Crippen molar-refractivity contribution in [1.29, 1.82) is 0 Å². The van der Waals surface area contributed by atoms with Gasteiger partial charge in [0.25, 0.3) is 0 Å². The van der Waals surface area contributed by atoms with Gasteiger partial charge in [-0.05, 0) is 36.3 Å². The Morgan fingerprint density at radius 1 is 1.47 bits per heavy atom. The molecule has 17 heavy (non-hydrogen) atoms. The molecule has 2 rings (SSSR count). The Bertz CT molecular complexity index is 340. The topological polar surface area (TPSA) is 47.3 Å². The Labute approximate surface area is 107 Å². The second-order valence-electron chi connectivity index (χ2n) is 4.55. The molecule has 1 saturated heterocycles. The van der Waals surface area contributed by atoms with Crippen LogP contribution >= 0.6 is 11.3 Å². The largest absolute Gasteiger partial charge is 0.372 e. The van der Waals surface area contributed by atoms with Gasteiger partial charge in [0.2, 0.25) is 0 Å². The highest BCUT2D eigenvalue weighted by molar-refractivity contribution is 7.10. The van der Waals surface area contributed by atoms with Crippen LogP contribution in [-0.2, 0) is 17.7 Å². The minimum absolute atomic E-state index is 0.287. The highest BCUT2D eigenvalue weighted by Gasteiger charge is 2.23. The van der Waals surface area contributed by atoms with Gasteiger partial charge in [0, 0.05) is 24.5 Å². The molecule has 1 aliphatic rings. The van der Waals surface area contributed by atoms with E-state index in [1.54, 1.807) is 0 Å². The molecule has 0 saturated carbocycles. The van der Waals surface area contributed by atoms with Crippen LogP contribution in [0, 0.1) is 0 Å². The van der Waals surface area contributed by atoms with Crippen molar-refractivity contribution in [3.63, 3.8) is 0 Å². The van der Waals surface area contributed by atoms with Gasteiger partial charge in [0.15, 0.2) is 0 Å². The molecular weight excluding hydrogens is 232 g/mol. The summed E-state index contributed by atoms with van der Waals surface area (Å²) in [5, 5.41) is 5.67. The number of hydrogen-bond acceptors (Lipinski definition) is 4. The standard InChI is InChI=1S/C13H22N2OS/c1-2-10-5-6-17-13(10)9-15-8-12-4-3-11(7-14)16-12/h5-6,11-12,15H,2-4,7-9,14H2,1H3. The molecule has 2 heterocycles. The first kappa shape index (κ1) is 13.0. The molecule has 2 unspecified atom stereocenters. The van der Waals surface area contributed by atoms with E-state index in [1.165, 1.54) is 10.4 Å². The third kappa shape index (κ3) is 3.52. The van der Waals surface area contributed by atoms with Crippen molar-refractivity contribution in [2.45, 2.75) is 44.9 Å². The third-order valence-electron chi connectivity index (χ3n) is 3.33. The molecule has 3 nitrogen and oxygen atoms in total. The van der Waals surface area contributed by atoms with E-state index >= 15 is 0 Å². The van der Waals surface area contributed by atoms with Crippen LogP contribution in [0.1, 0.15) is 30.2 Å². The van der Waals surface area contributed by atoms with E-state index in [4.69, 9.17) is 10.5 Å². The van der Waals surface area contributed by atoms with Crippen molar-refractivity contribution >= 4 is 11.3 Å². The van der Waals surface area contributed by atoms with Crippen molar-refractivity contribution < 1.29 is 4.74 Å². The zero-order chi connectivity index (χ0) is 12.1. The summed E-state index contributed by atoms with van der Waals surface area (Å²) in [7, 11) is 0. The summed E-state index contributed by atoms with van der Waals surface area (Å²) in [6.07, 6.45) is 4.01. The van der Waals surface area contributed by atoms with E-state index in [9.17, 15) is 0 Å². The summed E-state index contributed by atoms with van der Waals surface area (Å²) < 4.78 is 5.80. The fourth-order valence-corrected chi connectivity index (χ4v) is 3.23. The first-order valence-electron chi connectivity index (χ1n) is 6.45. The van der Waals surface area contributed by atoms with Crippen molar-refractivity contribution in [1.82, 2.24) is 5.32 Å². The van der Waals surface area contributed by atoms with Crippen LogP contribution in [0.2, 0.25) is 0 Å². The zero-order valence-electron chi connectivity index (χ0n) is 10.4. The Morgan fingerprint density at radius 3 is 3.00 bits per heavy atom. The van der Waals surface area contributed by atoms with E-state index < -0.39 is 0 Å². The van der Waals surface area contributed by atoms with Gasteiger partial charge in [-0.15, -0.1) is 11.3 Å². The quantitative estimate of drug-likeness (QED) is 0.815. The highest BCUT2D eigenvalue weighted by atomic mass is 32.1. The second kappa shape index (κ2) is 6.50. The molecule has 0 aliphatic carbocycles. The minimum Gasteiger partial charge on any atom is -0.372 e. The maximum absolute atomic E-state index is 5.80. The monoisotopic (exact) mass is 254 g/mol. The summed E-state index contributed by atoms with van der Waals surface area (Å²) >= 11 is 1.84. The van der Waals surface area contributed by atoms with Crippen molar-refractivity contribution in [3.05, 3.63) is 21.9 Å². The first-order valence-corrected chi connectivity index (χ1v) is 7.33. The molecule has 3 N–H and O–H groups in total. The summed E-state index contributed by atoms with van der Waals surface area (Å²) in [6.45, 7) is 4.77. The lowest BCUT2D eigenvalue weighted by molar-refractivity contribution is 0.0504. The molecule has 0 radical (unpaired) electrons. The Morgan fingerprint density at radius 2 is 2.29 bits per heavy atom. The molecule has 1 aliphatic heterocycles. The van der Waals surface area contributed by atoms with Crippen LogP contribution in [0.25, 0.3) is 0 Å². The fourth-order valence-electron chi connectivity index (χ4n) is 2.29. The van der Waals surface area contributed by atoms with E-state index in [2.05, 4.69) is 23.7 Å². The predicted molar refractivity (Wildman–Crippen MR) is 72.4 cm³/mol. The fraction of sp³-hybridized carbons (Fsp3) is 0.692. The van der Waals surface area contributed by atoms with Crippen LogP contribution in [0.3, 0.4) is 0 Å². The summed E-state index contributed by atoms with van der Waals surface area (Å²) in [5.74, 6) is 0. The predicted octanol–water partition coefficient (Wildman–Crippen LogP) is 1.91. The van der Waals surface area contributed by atoms with Crippen molar-refractivity contribution in [3.8, 4) is 0 Å². The van der Waals surface area contributed by atoms with E-state index in [1.807, 2.05) is 11.3 Å². The molecule has 0 spiro atoms. The highest BCUT2D eigenvalue weighted by Crippen LogP contribution is 2.19. The Hall–Kier alpha value is -0.420. The smallest absolute Gasteiger partial charge is 0.0704 e. The number of nitrogens with two attached hydrogens (primary N) is 1. The molecule has 1 aromatic rings. The van der Waals surface area contributed by atoms with Gasteiger partial charge in [-0.25, -0.2) is 0 Å². The zero-order valence-corrected chi connectivity index (χ0v) is 11.3. The van der Waals surface area contributed by atoms with Crippen LogP contribution in [0.5, 0.6) is 0 Å². The van der Waals surface area contributed by atoms with Crippen molar-refractivity contribution in [2.24, 2.45) is 5.73 Å². The lowest BCUT2D eigenvalue weighted by Gasteiger charge is -2.13. The second-order valence-corrected chi connectivity index (χ2v) is 5.55. The third-order valence-corrected chi connectivity index (χ3v) is 4.30. The van der Waals surface area contributed by atoms with Gasteiger partial charge in [0.05, 0.1) is 12.2 Å². The molecular formula is C13H22N2OS. The molecule has 0 bridgehead atoms. The minimum atomic E-state index is 0.287. The van der Waals surface area contributed by atoms with Crippen LogP contribution in [-0.4, -0.2) is 25.3 Å². The van der Waals surface area contributed by atoms with Gasteiger partial charge >= 0.3 is 0 Å². The average Bonchev–Trinajstić information content (AvgIpc) is 2.97. The molecule has 4 heteroatoms. The van der Waals surface area contributed by atoms with Crippen LogP contribution in [0.15, 0.2) is 11.4 Å². The van der Waals surface area contributed by atoms with Gasteiger partial charge in [-0.3, -0.25) is 0 Å². The SMILES string of the molecule is CCc1ccsc1CNCC1CCC(CN)O1. The number of ether oxygens (including phenoxy) is 1. The molecule has 1 fully saturated rings. The number of nitrogens with one attached hydrogen (secondary N) is 1. The van der Waals surface area contributed by atoms with Gasteiger partial charge in [0.1, 0.15) is 0 Å². The average molecular weight is 254 g/mol. The van der Waals surface area contributed by atoms with Gasteiger partial charge in [-0.2, -0.15) is 0 Å². The molecule has 1 aromatic heterocycles. The Balaban J connectivity index is 1.70. The maximum atomic E-state index is 5.80. The van der Waals surface area contributed by atoms with Gasteiger partial charge in [-0.1, -0.05) is 6.92 Å². The van der Waals surface area contributed by atoms with Gasteiger partial charge < -0.3 is 15.8 Å². The molecule has 0 amide bonds. The van der Waals surface area contributed by atoms with Crippen LogP contribution in [0.4, 0.5) is 0 Å². The molecule has 96 valence electrons. The number of rotatable bonds is 6. The number of thiophene rings is 1. The maximum Gasteiger partial charge on any atom is 0.0704 e. The number of hydrogen-bond donors (Lipinski definition) is 2. The Kier molecular flexibility index (Phi) is 4.98. The molecule has 0 aromatic carbocycles. The van der Waals surface area contributed by atoms with E-state index in [0.717, 1.165) is 32.4 Å². The lowest BCUT2D eigenvalue weighted by Crippen LogP contribution is -2.28. The van der Waals surface area contributed by atoms with E-state index in [-0.39, 0.29) is 6.10 Å². The number of aryl methyl sites for hydroxylation is 1. The van der Waals surface area contributed by atoms with Crippen LogP contribution < -0.4 is 11.1 Å². The summed E-state index contributed by atoms with van der Waals surface area (Å²) in [4.78, 5) is 1.46. The summed E-state index contributed by atoms with van der Waals surface area (Å²) in [6, 6.07) is 2.22. The first-order chi connectivity index (χ1) is 8.33. The summed E-state index contributed by atoms with van der Waals surface area (Å²) in [5.41, 5.74) is 7.06. The normalized spacial score (nSPS) is 24.4. The molecule has 2 atom stereocenters. The van der Waals surface area contributed by atoms with E-state index in [0.29, 0.717) is 12.6 Å². The lowest BCUT2D eigenvalue weighted by atomic mass is 10.2. The van der Waals surface area contributed by atoms with Crippen molar-refractivity contribution in [2.75, 3.05) is 13.1 Å².